The Morgan fingerprint density at radius 2 is 2.12 bits per heavy atom. The quantitative estimate of drug-likeness (QED) is 0.801. The van der Waals surface area contributed by atoms with Crippen LogP contribution in [0.5, 0.6) is 5.88 Å². The number of ether oxygens (including phenoxy) is 1. The van der Waals surface area contributed by atoms with Crippen LogP contribution in [0.1, 0.15) is 0 Å². The highest BCUT2D eigenvalue weighted by molar-refractivity contribution is 7.13. The van der Waals surface area contributed by atoms with E-state index in [-0.39, 0.29) is 6.15 Å². The maximum Gasteiger partial charge on any atom is 0.373 e. The Hall–Kier alpha value is -1.97. The lowest BCUT2D eigenvalue weighted by Crippen LogP contribution is -1.86. The van der Waals surface area contributed by atoms with Gasteiger partial charge in [0.05, 0.1) is 7.11 Å². The second-order valence-electron chi connectivity index (χ2n) is 2.65. The summed E-state index contributed by atoms with van der Waals surface area (Å²) in [5.74, 6) is 0.658. The van der Waals surface area contributed by atoms with E-state index >= 15 is 0 Å². The van der Waals surface area contributed by atoms with Gasteiger partial charge in [0.15, 0.2) is 0 Å². The molecule has 0 saturated carbocycles. The molecule has 2 rings (SSSR count). The van der Waals surface area contributed by atoms with Crippen molar-refractivity contribution >= 4 is 17.5 Å². The van der Waals surface area contributed by atoms with Gasteiger partial charge in [-0.25, -0.2) is 4.98 Å². The van der Waals surface area contributed by atoms with Gasteiger partial charge in [0, 0.05) is 17.1 Å². The molecule has 5 heteroatoms. The third kappa shape index (κ3) is 3.31. The summed E-state index contributed by atoms with van der Waals surface area (Å²) in [6.07, 6.45) is 2.01. The van der Waals surface area contributed by atoms with Crippen molar-refractivity contribution in [2.24, 2.45) is 0 Å². The summed E-state index contributed by atoms with van der Waals surface area (Å²) in [5.41, 5.74) is 1.15. The van der Waals surface area contributed by atoms with E-state index in [1.807, 2.05) is 18.2 Å². The number of hydrogen-bond acceptors (Lipinski definition) is 5. The molecule has 16 heavy (non-hydrogen) atoms. The lowest BCUT2D eigenvalue weighted by Gasteiger charge is -2.00. The van der Waals surface area contributed by atoms with Crippen LogP contribution in [0.25, 0.3) is 10.4 Å². The average molecular weight is 235 g/mol. The van der Waals surface area contributed by atoms with Gasteiger partial charge in [-0.2, -0.15) is 9.59 Å². The van der Waals surface area contributed by atoms with Crippen molar-refractivity contribution in [1.29, 1.82) is 0 Å². The highest BCUT2D eigenvalue weighted by Gasteiger charge is 1.99. The van der Waals surface area contributed by atoms with Crippen molar-refractivity contribution in [1.82, 2.24) is 4.98 Å². The molecule has 0 radical (unpaired) electrons. The monoisotopic (exact) mass is 235 g/mol. The Bertz CT molecular complexity index is 462. The van der Waals surface area contributed by atoms with Crippen molar-refractivity contribution in [3.63, 3.8) is 0 Å². The molecule has 0 fully saturated rings. The summed E-state index contributed by atoms with van der Waals surface area (Å²) in [5, 5.41) is 2.06. The smallest absolute Gasteiger partial charge is 0.373 e. The minimum absolute atomic E-state index is 0.250. The fraction of sp³-hybridized carbons (Fsp3) is 0.0909. The van der Waals surface area contributed by atoms with Gasteiger partial charge in [0.2, 0.25) is 5.88 Å². The SMILES string of the molecule is COc1cc(-c2cccs2)ccn1.O=C=O. The molecule has 82 valence electrons. The Kier molecular flexibility index (Phi) is 4.92. The third-order valence-electron chi connectivity index (χ3n) is 1.75. The van der Waals surface area contributed by atoms with Gasteiger partial charge in [0.25, 0.3) is 0 Å². The van der Waals surface area contributed by atoms with Gasteiger partial charge < -0.3 is 4.74 Å². The first kappa shape index (κ1) is 12.1. The van der Waals surface area contributed by atoms with Gasteiger partial charge in [-0.3, -0.25) is 0 Å². The van der Waals surface area contributed by atoms with Crippen LogP contribution < -0.4 is 4.74 Å². The Labute approximate surface area is 96.5 Å². The summed E-state index contributed by atoms with van der Waals surface area (Å²) >= 11 is 1.71. The highest BCUT2D eigenvalue weighted by Crippen LogP contribution is 2.25. The first-order valence-corrected chi connectivity index (χ1v) is 5.23. The molecule has 0 aliphatic rings. The minimum Gasteiger partial charge on any atom is -0.481 e. The molecule has 0 atom stereocenters. The summed E-state index contributed by atoms with van der Waals surface area (Å²) in [7, 11) is 1.63. The molecular formula is C11H9NO3S. The number of pyridine rings is 1. The Morgan fingerprint density at radius 1 is 1.38 bits per heavy atom. The number of thiophene rings is 1. The van der Waals surface area contributed by atoms with Crippen molar-refractivity contribution in [2.45, 2.75) is 0 Å². The van der Waals surface area contributed by atoms with Gasteiger partial charge in [-0.15, -0.1) is 11.3 Å². The van der Waals surface area contributed by atoms with E-state index in [1.54, 1.807) is 24.6 Å². The molecule has 2 heterocycles. The van der Waals surface area contributed by atoms with E-state index in [4.69, 9.17) is 14.3 Å². The molecule has 0 N–H and O–H groups in total. The lowest BCUT2D eigenvalue weighted by atomic mass is 10.2. The predicted molar refractivity (Wildman–Crippen MR) is 59.1 cm³/mol. The maximum absolute atomic E-state index is 8.12. The number of hydrogen-bond donors (Lipinski definition) is 0. The van der Waals surface area contributed by atoms with Gasteiger partial charge >= 0.3 is 6.15 Å². The zero-order valence-electron chi connectivity index (χ0n) is 8.54. The normalized spacial score (nSPS) is 8.56. The Balaban J connectivity index is 0.000000386. The van der Waals surface area contributed by atoms with Crippen LogP contribution in [0.3, 0.4) is 0 Å². The number of nitrogens with zero attached hydrogens (tertiary/aromatic N) is 1. The molecule has 0 aliphatic carbocycles. The van der Waals surface area contributed by atoms with E-state index in [0.29, 0.717) is 5.88 Å². The molecule has 0 unspecified atom stereocenters. The van der Waals surface area contributed by atoms with Crippen LogP contribution >= 0.6 is 11.3 Å². The van der Waals surface area contributed by atoms with Crippen LogP contribution in [0.15, 0.2) is 35.8 Å². The zero-order valence-corrected chi connectivity index (χ0v) is 9.36. The van der Waals surface area contributed by atoms with E-state index < -0.39 is 0 Å². The van der Waals surface area contributed by atoms with E-state index in [1.165, 1.54) is 4.88 Å². The Morgan fingerprint density at radius 3 is 2.69 bits per heavy atom. The second kappa shape index (κ2) is 6.50. The summed E-state index contributed by atoms with van der Waals surface area (Å²) in [6.45, 7) is 0. The summed E-state index contributed by atoms with van der Waals surface area (Å²) < 4.78 is 5.05. The van der Waals surface area contributed by atoms with Gasteiger partial charge in [0.1, 0.15) is 0 Å². The average Bonchev–Trinajstić information content (AvgIpc) is 2.84. The number of rotatable bonds is 2. The molecule has 0 amide bonds. The predicted octanol–water partition coefficient (Wildman–Crippen LogP) is 2.24. The number of carbonyl (C=O) groups excluding carboxylic acids is 2. The molecule has 0 aromatic carbocycles. The van der Waals surface area contributed by atoms with E-state index in [2.05, 4.69) is 16.4 Å². The maximum atomic E-state index is 8.12. The van der Waals surface area contributed by atoms with Crippen molar-refractivity contribution < 1.29 is 14.3 Å². The molecule has 0 bridgehead atoms. The minimum atomic E-state index is 0.250. The lowest BCUT2D eigenvalue weighted by molar-refractivity contribution is -0.191. The standard InChI is InChI=1S/C10H9NOS.CO2/c1-12-10-7-8(4-5-11-10)9-3-2-6-13-9;2-1-3/h2-7H,1H3;. The molecule has 2 aromatic heterocycles. The van der Waals surface area contributed by atoms with Crippen molar-refractivity contribution in [2.75, 3.05) is 7.11 Å². The molecule has 4 nitrogen and oxygen atoms in total. The largest absolute Gasteiger partial charge is 0.481 e. The second-order valence-corrected chi connectivity index (χ2v) is 3.60. The van der Waals surface area contributed by atoms with Crippen LogP contribution in [0.4, 0.5) is 0 Å². The molecule has 0 saturated heterocycles. The fourth-order valence-corrected chi connectivity index (χ4v) is 1.84. The first-order valence-electron chi connectivity index (χ1n) is 4.35. The van der Waals surface area contributed by atoms with E-state index in [0.717, 1.165) is 5.56 Å². The highest BCUT2D eigenvalue weighted by atomic mass is 32.1. The number of methoxy groups -OCH3 is 1. The molecule has 0 aliphatic heterocycles. The number of aromatic nitrogens is 1. The van der Waals surface area contributed by atoms with Crippen LogP contribution in [-0.2, 0) is 9.59 Å². The van der Waals surface area contributed by atoms with Crippen molar-refractivity contribution in [3.8, 4) is 16.3 Å². The van der Waals surface area contributed by atoms with Gasteiger partial charge in [-0.05, 0) is 23.1 Å². The molecule has 0 spiro atoms. The summed E-state index contributed by atoms with van der Waals surface area (Å²) in [6, 6.07) is 8.03. The third-order valence-corrected chi connectivity index (χ3v) is 2.67. The fourth-order valence-electron chi connectivity index (χ4n) is 1.12. The van der Waals surface area contributed by atoms with Gasteiger partial charge in [-0.1, -0.05) is 6.07 Å². The van der Waals surface area contributed by atoms with Crippen LogP contribution in [0.2, 0.25) is 0 Å². The topological polar surface area (TPSA) is 56.3 Å². The van der Waals surface area contributed by atoms with Crippen LogP contribution in [0, 0.1) is 0 Å². The zero-order chi connectivity index (χ0) is 11.8. The van der Waals surface area contributed by atoms with E-state index in [9.17, 15) is 0 Å². The molecule has 2 aromatic rings. The van der Waals surface area contributed by atoms with Crippen LogP contribution in [-0.4, -0.2) is 18.2 Å². The first-order chi connectivity index (χ1) is 7.81. The molecular weight excluding hydrogens is 226 g/mol. The van der Waals surface area contributed by atoms with Crippen molar-refractivity contribution in [3.05, 3.63) is 35.8 Å². The summed E-state index contributed by atoms with van der Waals surface area (Å²) in [4.78, 5) is 21.5.